The maximum Gasteiger partial charge on any atom is 0.317 e. The van der Waals surface area contributed by atoms with Gasteiger partial charge in [0.1, 0.15) is 0 Å². The molecule has 1 rings (SSSR count). The highest BCUT2D eigenvalue weighted by Gasteiger charge is 2.10. The summed E-state index contributed by atoms with van der Waals surface area (Å²) in [6.07, 6.45) is -0.0780. The minimum Gasteiger partial charge on any atom is -0.481 e. The number of urea groups is 1. The van der Waals surface area contributed by atoms with Crippen LogP contribution >= 0.6 is 0 Å². The molecule has 1 aromatic rings. The third-order valence-corrected chi connectivity index (χ3v) is 2.10. The second-order valence-corrected chi connectivity index (χ2v) is 3.66. The van der Waals surface area contributed by atoms with E-state index in [1.54, 1.807) is 13.0 Å². The first-order valence-corrected chi connectivity index (χ1v) is 5.12. The van der Waals surface area contributed by atoms with E-state index >= 15 is 0 Å². The number of nitrogens with zero attached hydrogens (tertiary/aromatic N) is 2. The number of carboxylic acid groups (broad SMARTS) is 1. The van der Waals surface area contributed by atoms with E-state index in [2.05, 4.69) is 10.5 Å². The van der Waals surface area contributed by atoms with Crippen LogP contribution in [0.15, 0.2) is 10.6 Å². The van der Waals surface area contributed by atoms with Gasteiger partial charge in [-0.3, -0.25) is 4.79 Å². The number of aryl methyl sites for hydroxylation is 1. The first kappa shape index (κ1) is 13.0. The van der Waals surface area contributed by atoms with Crippen LogP contribution in [0.5, 0.6) is 0 Å². The summed E-state index contributed by atoms with van der Waals surface area (Å²) >= 11 is 0. The molecular weight excluding hydrogens is 226 g/mol. The molecule has 0 atom stereocenters. The Kier molecular flexibility index (Phi) is 4.50. The predicted octanol–water partition coefficient (Wildman–Crippen LogP) is 0.599. The minimum absolute atomic E-state index is 0.0780. The molecular formula is C10H15N3O4. The summed E-state index contributed by atoms with van der Waals surface area (Å²) in [7, 11) is 1.53. The van der Waals surface area contributed by atoms with Crippen molar-refractivity contribution in [3.63, 3.8) is 0 Å². The highest BCUT2D eigenvalue weighted by atomic mass is 16.5. The number of hydrogen-bond donors (Lipinski definition) is 2. The number of aliphatic carboxylic acids is 1. The van der Waals surface area contributed by atoms with E-state index in [4.69, 9.17) is 9.63 Å². The zero-order valence-corrected chi connectivity index (χ0v) is 9.77. The summed E-state index contributed by atoms with van der Waals surface area (Å²) in [6, 6.07) is 1.37. The summed E-state index contributed by atoms with van der Waals surface area (Å²) in [5.74, 6) is -0.377. The molecule has 7 heteroatoms. The molecule has 94 valence electrons. The van der Waals surface area contributed by atoms with Gasteiger partial charge in [0.15, 0.2) is 5.76 Å². The summed E-state index contributed by atoms with van der Waals surface area (Å²) in [6.45, 7) is 2.18. The summed E-state index contributed by atoms with van der Waals surface area (Å²) < 4.78 is 4.92. The zero-order chi connectivity index (χ0) is 12.8. The van der Waals surface area contributed by atoms with Crippen molar-refractivity contribution in [3.8, 4) is 0 Å². The molecule has 0 aromatic carbocycles. The molecule has 0 aliphatic carbocycles. The Labute approximate surface area is 98.4 Å². The van der Waals surface area contributed by atoms with Crippen molar-refractivity contribution >= 4 is 12.0 Å². The Morgan fingerprint density at radius 1 is 1.59 bits per heavy atom. The lowest BCUT2D eigenvalue weighted by molar-refractivity contribution is -0.137. The molecule has 17 heavy (non-hydrogen) atoms. The van der Waals surface area contributed by atoms with E-state index in [9.17, 15) is 9.59 Å². The maximum absolute atomic E-state index is 11.5. The Morgan fingerprint density at radius 3 is 2.82 bits per heavy atom. The molecule has 0 fully saturated rings. The topological polar surface area (TPSA) is 95.7 Å². The van der Waals surface area contributed by atoms with Crippen molar-refractivity contribution in [2.24, 2.45) is 0 Å². The molecule has 0 bridgehead atoms. The molecule has 2 amide bonds. The summed E-state index contributed by atoms with van der Waals surface area (Å²) in [4.78, 5) is 23.1. The van der Waals surface area contributed by atoms with Crippen LogP contribution in [0.2, 0.25) is 0 Å². The van der Waals surface area contributed by atoms with Crippen LogP contribution in [-0.2, 0) is 11.3 Å². The van der Waals surface area contributed by atoms with Crippen LogP contribution in [0.1, 0.15) is 17.9 Å². The van der Waals surface area contributed by atoms with E-state index in [1.807, 2.05) is 0 Å². The zero-order valence-electron chi connectivity index (χ0n) is 9.77. The van der Waals surface area contributed by atoms with Gasteiger partial charge in [0.05, 0.1) is 18.7 Å². The van der Waals surface area contributed by atoms with Gasteiger partial charge in [-0.25, -0.2) is 4.79 Å². The lowest BCUT2D eigenvalue weighted by atomic mass is 10.4. The number of nitrogens with one attached hydrogen (secondary N) is 1. The predicted molar refractivity (Wildman–Crippen MR) is 58.4 cm³/mol. The summed E-state index contributed by atoms with van der Waals surface area (Å²) in [5.41, 5.74) is 0.744. The largest absolute Gasteiger partial charge is 0.481 e. The van der Waals surface area contributed by atoms with Crippen molar-refractivity contribution in [2.45, 2.75) is 19.9 Å². The second-order valence-electron chi connectivity index (χ2n) is 3.66. The fraction of sp³-hybridized carbons (Fsp3) is 0.500. The molecule has 1 aromatic heterocycles. The molecule has 7 nitrogen and oxygen atoms in total. The van der Waals surface area contributed by atoms with Gasteiger partial charge in [0, 0.05) is 19.7 Å². The number of amides is 2. The molecule has 0 saturated carbocycles. The van der Waals surface area contributed by atoms with E-state index in [1.165, 1.54) is 11.9 Å². The number of carbonyl (C=O) groups is 2. The molecule has 0 saturated heterocycles. The number of carbonyl (C=O) groups excluding carboxylic acids is 1. The normalized spacial score (nSPS) is 10.0. The van der Waals surface area contributed by atoms with Crippen LogP contribution in [0, 0.1) is 6.92 Å². The standard InChI is InChI=1S/C10H15N3O4/c1-7-5-8(17-12-7)6-11-10(16)13(2)4-3-9(14)15/h5H,3-4,6H2,1-2H3,(H,11,16)(H,14,15). The fourth-order valence-corrected chi connectivity index (χ4v) is 1.16. The van der Waals surface area contributed by atoms with Gasteiger partial charge in [0.2, 0.25) is 0 Å². The highest BCUT2D eigenvalue weighted by molar-refractivity contribution is 5.74. The number of aromatic nitrogens is 1. The molecule has 1 heterocycles. The first-order valence-electron chi connectivity index (χ1n) is 5.12. The minimum atomic E-state index is -0.935. The third-order valence-electron chi connectivity index (χ3n) is 2.10. The SMILES string of the molecule is Cc1cc(CNC(=O)N(C)CCC(=O)O)on1. The number of rotatable bonds is 5. The van der Waals surface area contributed by atoms with Crippen molar-refractivity contribution in [1.29, 1.82) is 0 Å². The van der Waals surface area contributed by atoms with Crippen LogP contribution in [0.25, 0.3) is 0 Å². The van der Waals surface area contributed by atoms with Gasteiger partial charge in [-0.15, -0.1) is 0 Å². The van der Waals surface area contributed by atoms with Crippen molar-refractivity contribution < 1.29 is 19.2 Å². The van der Waals surface area contributed by atoms with Gasteiger partial charge in [-0.1, -0.05) is 5.16 Å². The quantitative estimate of drug-likeness (QED) is 0.787. The van der Waals surface area contributed by atoms with Crippen LogP contribution in [-0.4, -0.2) is 40.8 Å². The van der Waals surface area contributed by atoms with E-state index < -0.39 is 5.97 Å². The maximum atomic E-state index is 11.5. The van der Waals surface area contributed by atoms with Gasteiger partial charge in [-0.2, -0.15) is 0 Å². The first-order chi connectivity index (χ1) is 7.99. The monoisotopic (exact) mass is 241 g/mol. The Balaban J connectivity index is 2.31. The van der Waals surface area contributed by atoms with E-state index in [0.29, 0.717) is 5.76 Å². The van der Waals surface area contributed by atoms with Gasteiger partial charge < -0.3 is 19.8 Å². The number of carboxylic acids is 1. The van der Waals surface area contributed by atoms with E-state index in [-0.39, 0.29) is 25.5 Å². The molecule has 0 aliphatic rings. The third kappa shape index (κ3) is 4.54. The smallest absolute Gasteiger partial charge is 0.317 e. The van der Waals surface area contributed by atoms with Crippen LogP contribution in [0.4, 0.5) is 4.79 Å². The molecule has 2 N–H and O–H groups in total. The molecule has 0 unspecified atom stereocenters. The molecule has 0 spiro atoms. The van der Waals surface area contributed by atoms with Gasteiger partial charge in [-0.05, 0) is 6.92 Å². The molecule has 0 radical (unpaired) electrons. The van der Waals surface area contributed by atoms with Gasteiger partial charge >= 0.3 is 12.0 Å². The van der Waals surface area contributed by atoms with Crippen LogP contribution < -0.4 is 5.32 Å². The van der Waals surface area contributed by atoms with Crippen molar-refractivity contribution in [1.82, 2.24) is 15.4 Å². The lowest BCUT2D eigenvalue weighted by Crippen LogP contribution is -2.37. The van der Waals surface area contributed by atoms with E-state index in [0.717, 1.165) is 5.69 Å². The van der Waals surface area contributed by atoms with Gasteiger partial charge in [0.25, 0.3) is 0 Å². The Morgan fingerprint density at radius 2 is 2.29 bits per heavy atom. The summed E-state index contributed by atoms with van der Waals surface area (Å²) in [5, 5.41) is 14.8. The number of hydrogen-bond acceptors (Lipinski definition) is 4. The Hall–Kier alpha value is -2.05. The lowest BCUT2D eigenvalue weighted by Gasteiger charge is -2.16. The van der Waals surface area contributed by atoms with Crippen molar-refractivity contribution in [2.75, 3.05) is 13.6 Å². The average Bonchev–Trinajstić information content (AvgIpc) is 2.68. The van der Waals surface area contributed by atoms with Crippen LogP contribution in [0.3, 0.4) is 0 Å². The second kappa shape index (κ2) is 5.88. The van der Waals surface area contributed by atoms with Crippen molar-refractivity contribution in [3.05, 3.63) is 17.5 Å². The average molecular weight is 241 g/mol. The highest BCUT2D eigenvalue weighted by Crippen LogP contribution is 2.01. The fourth-order valence-electron chi connectivity index (χ4n) is 1.16. The Bertz CT molecular complexity index is 402. The molecule has 0 aliphatic heterocycles.